The number of H-pyrrole nitrogens is 2. The van der Waals surface area contributed by atoms with Gasteiger partial charge >= 0.3 is 0 Å². The van der Waals surface area contributed by atoms with E-state index in [-0.39, 0.29) is 11.8 Å². The summed E-state index contributed by atoms with van der Waals surface area (Å²) in [5, 5.41) is 11.1. The molecule has 5 nitrogen and oxygen atoms in total. The zero-order valence-electron chi connectivity index (χ0n) is 9.68. The van der Waals surface area contributed by atoms with Gasteiger partial charge < -0.3 is 15.1 Å². The van der Waals surface area contributed by atoms with Crippen molar-refractivity contribution in [2.45, 2.75) is 0 Å². The third-order valence-corrected chi connectivity index (χ3v) is 2.96. The number of rotatable bonds is 1. The van der Waals surface area contributed by atoms with Crippen LogP contribution in [0.3, 0.4) is 0 Å². The SMILES string of the molecule is O=C1N=c2ccccc2=CC1=Cc1[nH]c(=S)[nH]c1O. The van der Waals surface area contributed by atoms with E-state index in [0.29, 0.717) is 21.4 Å². The number of para-hydroxylation sites is 1. The van der Waals surface area contributed by atoms with Crippen LogP contribution < -0.4 is 10.6 Å². The Morgan fingerprint density at radius 3 is 2.79 bits per heavy atom. The van der Waals surface area contributed by atoms with Crippen molar-refractivity contribution in [2.24, 2.45) is 4.99 Å². The Labute approximate surface area is 112 Å². The molecule has 2 aromatic rings. The first-order valence-corrected chi connectivity index (χ1v) is 5.97. The molecule has 3 rings (SSSR count). The molecule has 0 saturated heterocycles. The second-order valence-electron chi connectivity index (χ2n) is 4.06. The molecule has 2 heterocycles. The van der Waals surface area contributed by atoms with Crippen molar-refractivity contribution in [3.8, 4) is 5.88 Å². The minimum atomic E-state index is -0.349. The Hall–Kier alpha value is -2.47. The quantitative estimate of drug-likeness (QED) is 0.530. The number of hydrogen-bond donors (Lipinski definition) is 3. The number of aromatic nitrogens is 2. The average Bonchev–Trinajstić information content (AvgIpc) is 2.69. The second-order valence-corrected chi connectivity index (χ2v) is 4.47. The minimum absolute atomic E-state index is 0.0995. The summed E-state index contributed by atoms with van der Waals surface area (Å²) < 4.78 is 0.296. The highest BCUT2D eigenvalue weighted by molar-refractivity contribution is 7.71. The number of benzene rings is 1. The van der Waals surface area contributed by atoms with Crippen LogP contribution in [-0.2, 0) is 4.79 Å². The van der Waals surface area contributed by atoms with Crippen LogP contribution in [0.2, 0.25) is 0 Å². The van der Waals surface area contributed by atoms with E-state index >= 15 is 0 Å². The normalized spacial score (nSPS) is 15.8. The van der Waals surface area contributed by atoms with Crippen molar-refractivity contribution in [3.63, 3.8) is 0 Å². The molecule has 0 radical (unpaired) electrons. The van der Waals surface area contributed by atoms with Gasteiger partial charge in [-0.1, -0.05) is 18.2 Å². The van der Waals surface area contributed by atoms with Gasteiger partial charge in [-0.2, -0.15) is 0 Å². The molecule has 6 heteroatoms. The number of nitrogens with zero attached hydrogens (tertiary/aromatic N) is 1. The molecule has 0 atom stereocenters. The maximum absolute atomic E-state index is 11.9. The van der Waals surface area contributed by atoms with Crippen molar-refractivity contribution in [1.82, 2.24) is 9.97 Å². The monoisotopic (exact) mass is 271 g/mol. The summed E-state index contributed by atoms with van der Waals surface area (Å²) in [4.78, 5) is 21.2. The first-order chi connectivity index (χ1) is 9.13. The van der Waals surface area contributed by atoms with Gasteiger partial charge in [0.1, 0.15) is 5.69 Å². The van der Waals surface area contributed by atoms with Gasteiger partial charge in [0, 0.05) is 10.8 Å². The second kappa shape index (κ2) is 4.33. The van der Waals surface area contributed by atoms with E-state index < -0.39 is 0 Å². The van der Waals surface area contributed by atoms with Gasteiger partial charge in [0.25, 0.3) is 5.91 Å². The molecular weight excluding hydrogens is 262 g/mol. The summed E-state index contributed by atoms with van der Waals surface area (Å²) in [7, 11) is 0. The van der Waals surface area contributed by atoms with Crippen LogP contribution in [0, 0.1) is 4.77 Å². The molecule has 1 aliphatic heterocycles. The molecule has 3 N–H and O–H groups in total. The van der Waals surface area contributed by atoms with Crippen LogP contribution >= 0.6 is 12.2 Å². The molecule has 19 heavy (non-hydrogen) atoms. The standard InChI is InChI=1S/C13H9N3O2S/c17-11-8(6-10-12(18)16-13(19)15-10)5-7-3-1-2-4-9(7)14-11/h1-6,18H,(H2,15,16,19). The number of fused-ring (bicyclic) bond motifs is 1. The highest BCUT2D eigenvalue weighted by Gasteiger charge is 2.11. The first kappa shape index (κ1) is 11.6. The summed E-state index contributed by atoms with van der Waals surface area (Å²) in [6, 6.07) is 7.35. The van der Waals surface area contributed by atoms with Gasteiger partial charge in [-0.15, -0.1) is 0 Å². The molecule has 1 aromatic carbocycles. The van der Waals surface area contributed by atoms with Gasteiger partial charge in [0.05, 0.1) is 5.36 Å². The van der Waals surface area contributed by atoms with Gasteiger partial charge in [0.2, 0.25) is 5.88 Å². The molecule has 0 spiro atoms. The minimum Gasteiger partial charge on any atom is -0.493 e. The Morgan fingerprint density at radius 1 is 1.26 bits per heavy atom. The van der Waals surface area contributed by atoms with Crippen LogP contribution in [0.15, 0.2) is 34.8 Å². The van der Waals surface area contributed by atoms with Crippen LogP contribution in [-0.4, -0.2) is 21.0 Å². The third-order valence-electron chi connectivity index (χ3n) is 2.75. The number of carbonyl (C=O) groups is 1. The fourth-order valence-electron chi connectivity index (χ4n) is 1.87. The van der Waals surface area contributed by atoms with Crippen LogP contribution in [0.5, 0.6) is 5.88 Å². The third kappa shape index (κ3) is 2.13. The Bertz CT molecular complexity index is 874. The molecule has 94 valence electrons. The number of carbonyl (C=O) groups excluding carboxylic acids is 1. The van der Waals surface area contributed by atoms with Crippen LogP contribution in [0.1, 0.15) is 5.69 Å². The van der Waals surface area contributed by atoms with Gasteiger partial charge in [-0.05, 0) is 30.4 Å². The van der Waals surface area contributed by atoms with E-state index in [0.717, 1.165) is 5.22 Å². The van der Waals surface area contributed by atoms with E-state index in [2.05, 4.69) is 15.0 Å². The van der Waals surface area contributed by atoms with Crippen molar-refractivity contribution < 1.29 is 9.90 Å². The Kier molecular flexibility index (Phi) is 2.64. The van der Waals surface area contributed by atoms with Crippen molar-refractivity contribution in [1.29, 1.82) is 0 Å². The highest BCUT2D eigenvalue weighted by Crippen LogP contribution is 2.16. The number of aromatic amines is 2. The molecule has 0 bridgehead atoms. The fraction of sp³-hybridized carbons (Fsp3) is 0. The summed E-state index contributed by atoms with van der Waals surface area (Å²) in [5.74, 6) is -0.448. The molecular formula is C13H9N3O2S. The van der Waals surface area contributed by atoms with E-state index in [4.69, 9.17) is 12.2 Å². The Balaban J connectivity index is 2.18. The van der Waals surface area contributed by atoms with E-state index in [1.807, 2.05) is 18.2 Å². The lowest BCUT2D eigenvalue weighted by molar-refractivity contribution is -0.114. The zero-order chi connectivity index (χ0) is 13.4. The summed E-state index contributed by atoms with van der Waals surface area (Å²) in [6.45, 7) is 0. The van der Waals surface area contributed by atoms with Crippen molar-refractivity contribution >= 4 is 30.3 Å². The molecule has 1 aliphatic rings. The number of hydrogen-bond acceptors (Lipinski definition) is 3. The van der Waals surface area contributed by atoms with Crippen LogP contribution in [0.25, 0.3) is 12.2 Å². The zero-order valence-corrected chi connectivity index (χ0v) is 10.5. The lowest BCUT2D eigenvalue weighted by Gasteiger charge is -2.02. The average molecular weight is 271 g/mol. The topological polar surface area (TPSA) is 81.2 Å². The molecule has 0 fully saturated rings. The summed E-state index contributed by atoms with van der Waals surface area (Å²) in [5.41, 5.74) is 0.749. The Morgan fingerprint density at radius 2 is 2.05 bits per heavy atom. The van der Waals surface area contributed by atoms with Crippen LogP contribution in [0.4, 0.5) is 0 Å². The maximum Gasteiger partial charge on any atom is 0.277 e. The number of imidazole rings is 1. The predicted octanol–water partition coefficient (Wildman–Crippen LogP) is 0.802. The van der Waals surface area contributed by atoms with Gasteiger partial charge in [0.15, 0.2) is 4.77 Å². The fourth-order valence-corrected chi connectivity index (χ4v) is 2.07. The van der Waals surface area contributed by atoms with Gasteiger partial charge in [-0.3, -0.25) is 4.79 Å². The summed E-state index contributed by atoms with van der Waals surface area (Å²) in [6.07, 6.45) is 3.25. The molecule has 0 unspecified atom stereocenters. The number of amides is 1. The maximum atomic E-state index is 11.9. The first-order valence-electron chi connectivity index (χ1n) is 5.56. The molecule has 0 aliphatic carbocycles. The van der Waals surface area contributed by atoms with E-state index in [1.165, 1.54) is 6.08 Å². The lowest BCUT2D eigenvalue weighted by Crippen LogP contribution is -2.29. The smallest absolute Gasteiger partial charge is 0.277 e. The van der Waals surface area contributed by atoms with E-state index in [9.17, 15) is 9.90 Å². The van der Waals surface area contributed by atoms with E-state index in [1.54, 1.807) is 12.1 Å². The van der Waals surface area contributed by atoms with Crippen molar-refractivity contribution in [3.05, 3.63) is 50.9 Å². The largest absolute Gasteiger partial charge is 0.493 e. The molecule has 1 aromatic heterocycles. The number of nitrogens with one attached hydrogen (secondary N) is 2. The van der Waals surface area contributed by atoms with Crippen molar-refractivity contribution in [2.75, 3.05) is 0 Å². The number of aromatic hydroxyl groups is 1. The lowest BCUT2D eigenvalue weighted by atomic mass is 10.1. The predicted molar refractivity (Wildman–Crippen MR) is 72.3 cm³/mol. The summed E-state index contributed by atoms with van der Waals surface area (Å²) >= 11 is 4.86. The molecule has 0 saturated carbocycles. The molecule has 1 amide bonds. The van der Waals surface area contributed by atoms with Gasteiger partial charge in [-0.25, -0.2) is 4.99 Å². The highest BCUT2D eigenvalue weighted by atomic mass is 32.1.